The monoisotopic (exact) mass is 417 g/mol. The number of benzene rings is 2. The number of carbonyl (C=O) groups excluding carboxylic acids is 2. The van der Waals surface area contributed by atoms with Gasteiger partial charge in [-0.05, 0) is 24.3 Å². The minimum Gasteiger partial charge on any atom is -0.477 e. The maximum absolute atomic E-state index is 13.5. The highest BCUT2D eigenvalue weighted by molar-refractivity contribution is 6.30. The Morgan fingerprint density at radius 1 is 1.11 bits per heavy atom. The molecule has 8 nitrogen and oxygen atoms in total. The maximum Gasteiger partial charge on any atom is 0.312 e. The molecule has 0 spiro atoms. The van der Waals surface area contributed by atoms with Gasteiger partial charge in [-0.2, -0.15) is 0 Å². The first kappa shape index (κ1) is 21.0. The van der Waals surface area contributed by atoms with Gasteiger partial charge in [0.2, 0.25) is 5.91 Å². The zero-order valence-electron chi connectivity index (χ0n) is 13.8. The Morgan fingerprint density at radius 2 is 1.82 bits per heavy atom. The number of amides is 2. The minimum atomic E-state index is -1.75. The highest BCUT2D eigenvalue weighted by atomic mass is 35.5. The number of hydrogen-bond donors (Lipinski definition) is 2. The molecule has 0 radical (unpaired) electrons. The van der Waals surface area contributed by atoms with Crippen molar-refractivity contribution in [2.45, 2.75) is 0 Å². The van der Waals surface area contributed by atoms with E-state index in [2.05, 4.69) is 5.32 Å². The number of nitro benzene ring substituents is 1. The first-order valence-corrected chi connectivity index (χ1v) is 7.83. The summed E-state index contributed by atoms with van der Waals surface area (Å²) in [5, 5.41) is 15.1. The van der Waals surface area contributed by atoms with E-state index in [1.807, 2.05) is 5.32 Å². The number of carbonyl (C=O) groups is 2. The summed E-state index contributed by atoms with van der Waals surface area (Å²) < 4.78 is 44.4. The van der Waals surface area contributed by atoms with Gasteiger partial charge in [-0.25, -0.2) is 13.2 Å². The number of hydrogen-bond acceptors (Lipinski definition) is 5. The Morgan fingerprint density at radius 3 is 2.50 bits per heavy atom. The number of rotatable bonds is 7. The van der Waals surface area contributed by atoms with Gasteiger partial charge >= 0.3 is 5.69 Å². The molecule has 0 bridgehead atoms. The van der Waals surface area contributed by atoms with Crippen molar-refractivity contribution in [3.63, 3.8) is 0 Å². The topological polar surface area (TPSA) is 111 Å². The van der Waals surface area contributed by atoms with Crippen LogP contribution in [0.4, 0.5) is 24.5 Å². The molecule has 28 heavy (non-hydrogen) atoms. The van der Waals surface area contributed by atoms with Crippen LogP contribution in [0.3, 0.4) is 0 Å². The Hall–Kier alpha value is -3.34. The van der Waals surface area contributed by atoms with E-state index >= 15 is 0 Å². The van der Waals surface area contributed by atoms with Gasteiger partial charge in [-0.3, -0.25) is 19.7 Å². The first-order chi connectivity index (χ1) is 13.2. The summed E-state index contributed by atoms with van der Waals surface area (Å²) in [4.78, 5) is 33.5. The summed E-state index contributed by atoms with van der Waals surface area (Å²) in [6.07, 6.45) is 0. The third-order valence-electron chi connectivity index (χ3n) is 3.23. The van der Waals surface area contributed by atoms with E-state index in [0.717, 1.165) is 12.1 Å². The SMILES string of the molecule is O=C(COc1ccc(Cl)cc1[N+](=O)[O-])NCC(=O)Nc1ccc(F)c(F)c1F. The molecule has 0 aromatic heterocycles. The molecule has 0 atom stereocenters. The van der Waals surface area contributed by atoms with E-state index in [-0.39, 0.29) is 10.8 Å². The van der Waals surface area contributed by atoms with Crippen molar-refractivity contribution in [1.29, 1.82) is 0 Å². The van der Waals surface area contributed by atoms with Crippen LogP contribution in [-0.2, 0) is 9.59 Å². The van der Waals surface area contributed by atoms with Crippen LogP contribution in [0, 0.1) is 27.6 Å². The highest BCUT2D eigenvalue weighted by Crippen LogP contribution is 2.29. The average Bonchev–Trinajstić information content (AvgIpc) is 2.65. The standard InChI is InChI=1S/C16H11ClF3N3O5/c17-8-1-4-12(11(5-8)23(26)27)28-7-14(25)21-6-13(24)22-10-3-2-9(18)15(19)16(10)20/h1-5H,6-7H2,(H,21,25)(H,22,24). The van der Waals surface area contributed by atoms with E-state index in [9.17, 15) is 32.9 Å². The lowest BCUT2D eigenvalue weighted by Gasteiger charge is -2.09. The molecular formula is C16H11ClF3N3O5. The number of halogens is 4. The summed E-state index contributed by atoms with van der Waals surface area (Å²) in [5.74, 6) is -6.70. The lowest BCUT2D eigenvalue weighted by Crippen LogP contribution is -2.36. The smallest absolute Gasteiger partial charge is 0.312 e. The first-order valence-electron chi connectivity index (χ1n) is 7.46. The molecule has 0 fully saturated rings. The van der Waals surface area contributed by atoms with Gasteiger partial charge in [0, 0.05) is 11.1 Å². The predicted octanol–water partition coefficient (Wildman–Crippen LogP) is 2.80. The second-order valence-electron chi connectivity index (χ2n) is 5.21. The fourth-order valence-electron chi connectivity index (χ4n) is 1.95. The average molecular weight is 418 g/mol. The second-order valence-corrected chi connectivity index (χ2v) is 5.64. The summed E-state index contributed by atoms with van der Waals surface area (Å²) in [6, 6.07) is 5.01. The molecule has 0 unspecified atom stereocenters. The molecule has 0 aliphatic heterocycles. The van der Waals surface area contributed by atoms with Gasteiger partial charge in [-0.1, -0.05) is 11.6 Å². The van der Waals surface area contributed by atoms with Crippen molar-refractivity contribution in [3.8, 4) is 5.75 Å². The van der Waals surface area contributed by atoms with Crippen molar-refractivity contribution in [2.24, 2.45) is 0 Å². The molecule has 148 valence electrons. The number of anilines is 1. The van der Waals surface area contributed by atoms with Crippen LogP contribution >= 0.6 is 11.6 Å². The molecule has 0 aliphatic rings. The Bertz CT molecular complexity index is 942. The van der Waals surface area contributed by atoms with Crippen LogP contribution in [-0.4, -0.2) is 29.9 Å². The number of nitrogens with zero attached hydrogens (tertiary/aromatic N) is 1. The van der Waals surface area contributed by atoms with E-state index < -0.39 is 58.7 Å². The number of nitro groups is 1. The zero-order valence-corrected chi connectivity index (χ0v) is 14.6. The van der Waals surface area contributed by atoms with Crippen molar-refractivity contribution in [3.05, 3.63) is 62.9 Å². The maximum atomic E-state index is 13.5. The van der Waals surface area contributed by atoms with E-state index in [4.69, 9.17) is 16.3 Å². The van der Waals surface area contributed by atoms with Crippen LogP contribution in [0.1, 0.15) is 0 Å². The zero-order chi connectivity index (χ0) is 20.8. The molecule has 0 aliphatic carbocycles. The quantitative estimate of drug-likeness (QED) is 0.409. The molecule has 0 heterocycles. The van der Waals surface area contributed by atoms with Crippen molar-refractivity contribution in [1.82, 2.24) is 5.32 Å². The summed E-state index contributed by atoms with van der Waals surface area (Å²) in [7, 11) is 0. The fraction of sp³-hybridized carbons (Fsp3) is 0.125. The molecule has 2 aromatic carbocycles. The molecule has 2 rings (SSSR count). The van der Waals surface area contributed by atoms with Gasteiger partial charge in [-0.15, -0.1) is 0 Å². The molecule has 0 saturated carbocycles. The Labute approximate surface area is 160 Å². The second kappa shape index (κ2) is 9.04. The molecule has 12 heteroatoms. The van der Waals surface area contributed by atoms with Crippen LogP contribution in [0.5, 0.6) is 5.75 Å². The third-order valence-corrected chi connectivity index (χ3v) is 3.47. The number of nitrogens with one attached hydrogen (secondary N) is 2. The fourth-order valence-corrected chi connectivity index (χ4v) is 2.11. The largest absolute Gasteiger partial charge is 0.477 e. The molecule has 2 amide bonds. The Kier molecular flexibility index (Phi) is 6.77. The van der Waals surface area contributed by atoms with Crippen molar-refractivity contribution >= 4 is 34.8 Å². The van der Waals surface area contributed by atoms with Crippen molar-refractivity contribution in [2.75, 3.05) is 18.5 Å². The van der Waals surface area contributed by atoms with Gasteiger partial charge in [0.15, 0.2) is 29.8 Å². The van der Waals surface area contributed by atoms with E-state index in [0.29, 0.717) is 6.07 Å². The van der Waals surface area contributed by atoms with Crippen LogP contribution < -0.4 is 15.4 Å². The van der Waals surface area contributed by atoms with E-state index in [1.54, 1.807) is 0 Å². The summed E-state index contributed by atoms with van der Waals surface area (Å²) in [6.45, 7) is -1.29. The molecule has 2 N–H and O–H groups in total. The predicted molar refractivity (Wildman–Crippen MR) is 91.6 cm³/mol. The molecular weight excluding hydrogens is 407 g/mol. The van der Waals surface area contributed by atoms with Crippen LogP contribution in [0.2, 0.25) is 5.02 Å². The minimum absolute atomic E-state index is 0.102. The van der Waals surface area contributed by atoms with Gasteiger partial charge < -0.3 is 15.4 Å². The van der Waals surface area contributed by atoms with Crippen LogP contribution in [0.15, 0.2) is 30.3 Å². The molecule has 0 saturated heterocycles. The lowest BCUT2D eigenvalue weighted by atomic mass is 10.2. The number of ether oxygens (including phenoxy) is 1. The van der Waals surface area contributed by atoms with Crippen LogP contribution in [0.25, 0.3) is 0 Å². The summed E-state index contributed by atoms with van der Waals surface area (Å²) >= 11 is 5.65. The normalized spacial score (nSPS) is 10.3. The summed E-state index contributed by atoms with van der Waals surface area (Å²) in [5.41, 5.74) is -1.06. The van der Waals surface area contributed by atoms with Gasteiger partial charge in [0.25, 0.3) is 5.91 Å². The third kappa shape index (κ3) is 5.33. The van der Waals surface area contributed by atoms with Gasteiger partial charge in [0.05, 0.1) is 17.2 Å². The molecule has 2 aromatic rings. The van der Waals surface area contributed by atoms with E-state index in [1.165, 1.54) is 12.1 Å². The lowest BCUT2D eigenvalue weighted by molar-refractivity contribution is -0.385. The van der Waals surface area contributed by atoms with Gasteiger partial charge in [0.1, 0.15) is 0 Å². The van der Waals surface area contributed by atoms with Crippen molar-refractivity contribution < 1.29 is 32.4 Å². The highest BCUT2D eigenvalue weighted by Gasteiger charge is 2.18. The Balaban J connectivity index is 1.87.